The number of nitrogens with zero attached hydrogens (tertiary/aromatic N) is 5. The third kappa shape index (κ3) is 3.42. The van der Waals surface area contributed by atoms with E-state index in [-0.39, 0.29) is 17.7 Å². The number of fused-ring (bicyclic) bond motifs is 3. The van der Waals surface area contributed by atoms with E-state index in [1.807, 2.05) is 30.3 Å². The predicted molar refractivity (Wildman–Crippen MR) is 121 cm³/mol. The monoisotopic (exact) mass is 467 g/mol. The first-order chi connectivity index (χ1) is 16.2. The second kappa shape index (κ2) is 7.75. The Kier molecular flexibility index (Phi) is 4.96. The Morgan fingerprint density at radius 2 is 1.65 bits per heavy atom. The summed E-state index contributed by atoms with van der Waals surface area (Å²) in [5, 5.41) is 0. The predicted octanol–water partition coefficient (Wildman–Crippen LogP) is 3.71. The minimum atomic E-state index is -4.44. The highest BCUT2D eigenvalue weighted by atomic mass is 19.4. The summed E-state index contributed by atoms with van der Waals surface area (Å²) in [4.78, 5) is 30.8. The highest BCUT2D eigenvalue weighted by Gasteiger charge is 2.30. The van der Waals surface area contributed by atoms with Crippen LogP contribution in [0.5, 0.6) is 0 Å². The molecule has 0 N–H and O–H groups in total. The quantitative estimate of drug-likeness (QED) is 0.405. The number of benzene rings is 2. The number of aromatic nitrogens is 5. The highest BCUT2D eigenvalue weighted by Crippen LogP contribution is 2.30. The molecule has 174 valence electrons. The molecule has 3 heterocycles. The first-order valence-corrected chi connectivity index (χ1v) is 10.6. The summed E-state index contributed by atoms with van der Waals surface area (Å²) in [5.74, 6) is 0.333. The van der Waals surface area contributed by atoms with E-state index in [0.29, 0.717) is 23.6 Å². The van der Waals surface area contributed by atoms with Crippen LogP contribution < -0.4 is 11.2 Å². The van der Waals surface area contributed by atoms with Crippen molar-refractivity contribution in [3.63, 3.8) is 0 Å². The van der Waals surface area contributed by atoms with Gasteiger partial charge in [0.05, 0.1) is 5.56 Å². The van der Waals surface area contributed by atoms with Crippen LogP contribution in [0.15, 0.2) is 70.4 Å². The van der Waals surface area contributed by atoms with Crippen LogP contribution in [0, 0.1) is 6.92 Å². The van der Waals surface area contributed by atoms with E-state index >= 15 is 0 Å². The zero-order chi connectivity index (χ0) is 24.2. The van der Waals surface area contributed by atoms with Crippen molar-refractivity contribution in [2.45, 2.75) is 26.1 Å². The van der Waals surface area contributed by atoms with Crippen molar-refractivity contribution in [1.82, 2.24) is 23.1 Å². The fourth-order valence-corrected chi connectivity index (χ4v) is 4.21. The Balaban J connectivity index is 1.66. The van der Waals surface area contributed by atoms with E-state index in [1.165, 1.54) is 21.3 Å². The maximum absolute atomic E-state index is 13.4. The first kappa shape index (κ1) is 21.7. The van der Waals surface area contributed by atoms with Crippen LogP contribution in [0.4, 0.5) is 13.2 Å². The Morgan fingerprint density at radius 3 is 2.29 bits per heavy atom. The molecule has 0 bridgehead atoms. The lowest BCUT2D eigenvalue weighted by molar-refractivity contribution is -0.137. The normalized spacial score (nSPS) is 12.1. The standard InChI is InChI=1S/C24H20F3N5O2/c1-15-14-31-19-20(28-22(31)32(15)18-10-8-17(9-11-18)24(25,26)27)29(2)23(34)30(21(19)33)13-12-16-6-4-3-5-7-16/h3-11,14H,12-13H2,1-2H3. The Bertz CT molecular complexity index is 1640. The van der Waals surface area contributed by atoms with Crippen molar-refractivity contribution in [1.29, 1.82) is 0 Å². The van der Waals surface area contributed by atoms with E-state index in [9.17, 15) is 22.8 Å². The maximum atomic E-state index is 13.4. The smallest absolute Gasteiger partial charge is 0.283 e. The Labute approximate surface area is 190 Å². The van der Waals surface area contributed by atoms with Gasteiger partial charge < -0.3 is 0 Å². The van der Waals surface area contributed by atoms with Crippen LogP contribution in [0.1, 0.15) is 16.8 Å². The third-order valence-corrected chi connectivity index (χ3v) is 5.95. The molecule has 2 aromatic carbocycles. The summed E-state index contributed by atoms with van der Waals surface area (Å²) < 4.78 is 44.7. The van der Waals surface area contributed by atoms with Crippen molar-refractivity contribution in [3.05, 3.63) is 98.5 Å². The Morgan fingerprint density at radius 1 is 0.971 bits per heavy atom. The van der Waals surface area contributed by atoms with E-state index in [2.05, 4.69) is 4.98 Å². The van der Waals surface area contributed by atoms with E-state index in [4.69, 9.17) is 0 Å². The third-order valence-electron chi connectivity index (χ3n) is 5.95. The summed E-state index contributed by atoms with van der Waals surface area (Å²) in [6, 6.07) is 14.3. The number of rotatable bonds is 4. The number of halogens is 3. The van der Waals surface area contributed by atoms with Gasteiger partial charge in [-0.2, -0.15) is 18.2 Å². The molecule has 0 saturated heterocycles. The molecule has 0 amide bonds. The van der Waals surface area contributed by atoms with Crippen LogP contribution in [-0.2, 0) is 26.2 Å². The number of hydrogen-bond donors (Lipinski definition) is 0. The van der Waals surface area contributed by atoms with Gasteiger partial charge in [0.15, 0.2) is 11.2 Å². The SMILES string of the molecule is Cc1cn2c3c(=O)n(CCc4ccccc4)c(=O)n(C)c3nc2n1-c1ccc(C(F)(F)F)cc1. The summed E-state index contributed by atoms with van der Waals surface area (Å²) in [6.45, 7) is 1.98. The molecule has 34 heavy (non-hydrogen) atoms. The zero-order valence-corrected chi connectivity index (χ0v) is 18.4. The minimum absolute atomic E-state index is 0.206. The molecule has 3 aromatic heterocycles. The van der Waals surface area contributed by atoms with Crippen LogP contribution in [0.3, 0.4) is 0 Å². The molecule has 10 heteroatoms. The topological polar surface area (TPSA) is 66.2 Å². The lowest BCUT2D eigenvalue weighted by Crippen LogP contribution is -2.39. The molecule has 5 rings (SSSR count). The molecule has 0 aliphatic carbocycles. The molecule has 5 aromatic rings. The second-order valence-electron chi connectivity index (χ2n) is 8.14. The Hall–Kier alpha value is -4.08. The van der Waals surface area contributed by atoms with Crippen LogP contribution in [-0.4, -0.2) is 23.1 Å². The van der Waals surface area contributed by atoms with Crippen molar-refractivity contribution in [2.75, 3.05) is 0 Å². The van der Waals surface area contributed by atoms with Crippen molar-refractivity contribution in [2.24, 2.45) is 7.05 Å². The summed E-state index contributed by atoms with van der Waals surface area (Å²) in [5.41, 5.74) is 0.880. The van der Waals surface area contributed by atoms with Gasteiger partial charge in [0, 0.05) is 31.2 Å². The fourth-order valence-electron chi connectivity index (χ4n) is 4.21. The van der Waals surface area contributed by atoms with Gasteiger partial charge in [-0.05, 0) is 43.2 Å². The second-order valence-corrected chi connectivity index (χ2v) is 8.14. The molecule has 0 aliphatic rings. The lowest BCUT2D eigenvalue weighted by Gasteiger charge is -2.09. The van der Waals surface area contributed by atoms with E-state index in [1.54, 1.807) is 29.1 Å². The van der Waals surface area contributed by atoms with Crippen molar-refractivity contribution >= 4 is 16.9 Å². The molecule has 0 fully saturated rings. The van der Waals surface area contributed by atoms with Crippen LogP contribution >= 0.6 is 0 Å². The summed E-state index contributed by atoms with van der Waals surface area (Å²) in [6.07, 6.45) is -2.24. The van der Waals surface area contributed by atoms with Crippen LogP contribution in [0.2, 0.25) is 0 Å². The molecular weight excluding hydrogens is 447 g/mol. The highest BCUT2D eigenvalue weighted by molar-refractivity contribution is 5.76. The van der Waals surface area contributed by atoms with Gasteiger partial charge in [0.25, 0.3) is 5.56 Å². The number of alkyl halides is 3. The molecule has 0 aliphatic heterocycles. The van der Waals surface area contributed by atoms with E-state index < -0.39 is 23.0 Å². The van der Waals surface area contributed by atoms with Gasteiger partial charge in [-0.3, -0.25) is 22.9 Å². The lowest BCUT2D eigenvalue weighted by atomic mass is 10.1. The average molecular weight is 467 g/mol. The van der Waals surface area contributed by atoms with Gasteiger partial charge in [-0.25, -0.2) is 4.79 Å². The van der Waals surface area contributed by atoms with Gasteiger partial charge in [-0.15, -0.1) is 0 Å². The zero-order valence-electron chi connectivity index (χ0n) is 18.4. The van der Waals surface area contributed by atoms with Gasteiger partial charge in [-0.1, -0.05) is 30.3 Å². The molecule has 7 nitrogen and oxygen atoms in total. The largest absolute Gasteiger partial charge is 0.416 e. The number of imidazole rings is 2. The molecule has 0 unspecified atom stereocenters. The van der Waals surface area contributed by atoms with Crippen molar-refractivity contribution in [3.8, 4) is 5.69 Å². The average Bonchev–Trinajstić information content (AvgIpc) is 3.32. The minimum Gasteiger partial charge on any atom is -0.283 e. The summed E-state index contributed by atoms with van der Waals surface area (Å²) in [7, 11) is 1.55. The molecule has 0 radical (unpaired) electrons. The molecule has 0 spiro atoms. The van der Waals surface area contributed by atoms with Crippen LogP contribution in [0.25, 0.3) is 22.6 Å². The fraction of sp³-hybridized carbons (Fsp3) is 0.208. The molecule has 0 saturated carbocycles. The molecular formula is C24H20F3N5O2. The van der Waals surface area contributed by atoms with Gasteiger partial charge in [0.1, 0.15) is 0 Å². The summed E-state index contributed by atoms with van der Waals surface area (Å²) >= 11 is 0. The molecule has 0 atom stereocenters. The van der Waals surface area contributed by atoms with E-state index in [0.717, 1.165) is 17.7 Å². The number of hydrogen-bond acceptors (Lipinski definition) is 3. The van der Waals surface area contributed by atoms with Gasteiger partial charge in [0.2, 0.25) is 5.78 Å². The van der Waals surface area contributed by atoms with Crippen molar-refractivity contribution < 1.29 is 13.2 Å². The maximum Gasteiger partial charge on any atom is 0.416 e. The number of aryl methyl sites for hydroxylation is 3. The first-order valence-electron chi connectivity index (χ1n) is 10.6. The van der Waals surface area contributed by atoms with Gasteiger partial charge >= 0.3 is 11.9 Å².